The van der Waals surface area contributed by atoms with Crippen molar-refractivity contribution in [2.75, 3.05) is 0 Å². The Balaban J connectivity index is 2.93. The van der Waals surface area contributed by atoms with Crippen molar-refractivity contribution in [3.05, 3.63) is 0 Å². The van der Waals surface area contributed by atoms with Crippen LogP contribution in [0.2, 0.25) is 0 Å². The van der Waals surface area contributed by atoms with Crippen molar-refractivity contribution in [1.82, 2.24) is 0 Å². The van der Waals surface area contributed by atoms with E-state index >= 15 is 0 Å². The molecule has 0 bridgehead atoms. The molecule has 0 aromatic rings. The molecule has 0 heterocycles. The second kappa shape index (κ2) is 3.82. The van der Waals surface area contributed by atoms with E-state index < -0.39 is 0 Å². The molecule has 1 rings (SSSR count). The molecule has 0 aromatic carbocycles. The van der Waals surface area contributed by atoms with E-state index in [-0.39, 0.29) is 5.06 Å². The minimum absolute atomic E-state index is 0.0199. The van der Waals surface area contributed by atoms with Gasteiger partial charge in [0.05, 0.1) is 7.85 Å². The average Bonchev–Trinajstić information content (AvgIpc) is 2.22. The summed E-state index contributed by atoms with van der Waals surface area (Å²) in [7, 11) is 9.15. The number of rotatable bonds is 2. The highest BCUT2D eigenvalue weighted by atomic mass is 31.0. The zero-order valence-corrected chi connectivity index (χ0v) is 11.5. The maximum absolute atomic E-state index is 6.28. The second-order valence-corrected chi connectivity index (χ2v) is 7.27. The monoisotopic (exact) mass is 210 g/mol. The van der Waals surface area contributed by atoms with Gasteiger partial charge in [0.25, 0.3) is 0 Å². The summed E-state index contributed by atoms with van der Waals surface area (Å²) in [4.78, 5) is 0. The number of hydrogen-bond acceptors (Lipinski definition) is 0. The van der Waals surface area contributed by atoms with Crippen LogP contribution in [0.25, 0.3) is 0 Å². The molecule has 80 valence electrons. The molecular formula is C12H24BP. The lowest BCUT2D eigenvalue weighted by Crippen LogP contribution is -2.31. The minimum Gasteiger partial charge on any atom is -0.140 e. The Kier molecular flexibility index (Phi) is 3.43. The average molecular weight is 210 g/mol. The summed E-state index contributed by atoms with van der Waals surface area (Å²) in [6.45, 7) is 11.7. The van der Waals surface area contributed by atoms with E-state index in [0.717, 1.165) is 30.6 Å². The highest BCUT2D eigenvalue weighted by Gasteiger charge is 2.49. The van der Waals surface area contributed by atoms with Crippen molar-refractivity contribution in [3.63, 3.8) is 0 Å². The Labute approximate surface area is 93.2 Å². The zero-order valence-electron chi connectivity index (χ0n) is 10.3. The third-order valence-corrected chi connectivity index (χ3v) is 4.72. The van der Waals surface area contributed by atoms with Gasteiger partial charge in [0.2, 0.25) is 0 Å². The van der Waals surface area contributed by atoms with Gasteiger partial charge in [-0.25, -0.2) is 0 Å². The fourth-order valence-electron chi connectivity index (χ4n) is 3.18. The highest BCUT2D eigenvalue weighted by molar-refractivity contribution is 7.22. The summed E-state index contributed by atoms with van der Waals surface area (Å²) < 4.78 is 0. The Morgan fingerprint density at radius 2 is 1.79 bits per heavy atom. The Morgan fingerprint density at radius 1 is 1.29 bits per heavy atom. The van der Waals surface area contributed by atoms with Crippen LogP contribution in [0.5, 0.6) is 0 Å². The van der Waals surface area contributed by atoms with Gasteiger partial charge in [0, 0.05) is 0 Å². The van der Waals surface area contributed by atoms with Crippen LogP contribution in [-0.2, 0) is 0 Å². The third-order valence-electron chi connectivity index (χ3n) is 4.28. The van der Waals surface area contributed by atoms with Crippen molar-refractivity contribution < 1.29 is 0 Å². The molecule has 0 N–H and O–H groups in total. The molecule has 4 unspecified atom stereocenters. The van der Waals surface area contributed by atoms with Gasteiger partial charge in [-0.1, -0.05) is 39.7 Å². The van der Waals surface area contributed by atoms with Crippen LogP contribution in [-0.4, -0.2) is 12.9 Å². The topological polar surface area (TPSA) is 0 Å². The van der Waals surface area contributed by atoms with Crippen molar-refractivity contribution in [3.8, 4) is 0 Å². The lowest BCUT2D eigenvalue weighted by molar-refractivity contribution is 0.111. The van der Waals surface area contributed by atoms with E-state index in [2.05, 4.69) is 43.9 Å². The molecule has 0 spiro atoms. The predicted octanol–water partition coefficient (Wildman–Crippen LogP) is 3.45. The van der Waals surface area contributed by atoms with Gasteiger partial charge in [-0.15, -0.1) is 9.24 Å². The largest absolute Gasteiger partial charge is 0.140 e. The molecule has 1 fully saturated rings. The Morgan fingerprint density at radius 3 is 2.07 bits per heavy atom. The van der Waals surface area contributed by atoms with Crippen LogP contribution in [0.15, 0.2) is 0 Å². The normalized spacial score (nSPS) is 43.9. The maximum Gasteiger partial charge on any atom is 0.0803 e. The summed E-state index contributed by atoms with van der Waals surface area (Å²) in [6.07, 6.45) is 2.30. The van der Waals surface area contributed by atoms with E-state index in [1.807, 2.05) is 0 Å². The molecule has 14 heavy (non-hydrogen) atoms. The highest BCUT2D eigenvalue weighted by Crippen LogP contribution is 2.57. The molecule has 4 atom stereocenters. The van der Waals surface area contributed by atoms with Crippen molar-refractivity contribution in [1.29, 1.82) is 0 Å². The van der Waals surface area contributed by atoms with Crippen LogP contribution < -0.4 is 0 Å². The molecule has 0 nitrogen and oxygen atoms in total. The van der Waals surface area contributed by atoms with Gasteiger partial charge < -0.3 is 0 Å². The summed E-state index contributed by atoms with van der Waals surface area (Å²) in [6, 6.07) is 0. The van der Waals surface area contributed by atoms with Crippen molar-refractivity contribution >= 4 is 17.1 Å². The molecule has 1 saturated carbocycles. The molecule has 0 amide bonds. The van der Waals surface area contributed by atoms with Gasteiger partial charge in [0.15, 0.2) is 0 Å². The first-order valence-electron chi connectivity index (χ1n) is 5.77. The smallest absolute Gasteiger partial charge is 0.0803 e. The van der Waals surface area contributed by atoms with E-state index in [9.17, 15) is 0 Å². The van der Waals surface area contributed by atoms with Crippen LogP contribution in [0, 0.1) is 23.2 Å². The first kappa shape index (κ1) is 12.6. The van der Waals surface area contributed by atoms with Gasteiger partial charge in [-0.3, -0.25) is 0 Å². The van der Waals surface area contributed by atoms with Gasteiger partial charge in [-0.05, 0) is 36.0 Å². The van der Waals surface area contributed by atoms with Crippen LogP contribution >= 0.6 is 9.24 Å². The molecule has 0 aromatic heterocycles. The zero-order chi connectivity index (χ0) is 11.1. The van der Waals surface area contributed by atoms with Crippen LogP contribution in [0.3, 0.4) is 0 Å². The molecular weight excluding hydrogens is 186 g/mol. The number of hydrogen-bond donors (Lipinski definition) is 0. The van der Waals surface area contributed by atoms with Crippen LogP contribution in [0.1, 0.15) is 47.5 Å². The predicted molar refractivity (Wildman–Crippen MR) is 68.7 cm³/mol. The summed E-state index contributed by atoms with van der Waals surface area (Å²) in [5.74, 6) is 2.24. The van der Waals surface area contributed by atoms with Gasteiger partial charge in [0.1, 0.15) is 0 Å². The molecule has 2 radical (unpaired) electrons. The van der Waals surface area contributed by atoms with E-state index in [4.69, 9.17) is 7.85 Å². The summed E-state index contributed by atoms with van der Waals surface area (Å²) in [5, 5.41) is -0.0199. The Hall–Kier alpha value is 0.495. The third kappa shape index (κ3) is 2.18. The second-order valence-electron chi connectivity index (χ2n) is 6.13. The van der Waals surface area contributed by atoms with Crippen molar-refractivity contribution in [2.24, 2.45) is 23.2 Å². The molecule has 1 aliphatic carbocycles. The van der Waals surface area contributed by atoms with Crippen LogP contribution in [0.4, 0.5) is 0 Å². The first-order valence-corrected chi connectivity index (χ1v) is 6.34. The Bertz CT molecular complexity index is 210. The molecule has 1 aliphatic rings. The molecule has 0 aliphatic heterocycles. The maximum atomic E-state index is 6.28. The molecule has 2 heteroatoms. The SMILES string of the molecule is [B]C1(P)CC(C(C)C)C(C)(C(C)C)C1. The van der Waals surface area contributed by atoms with Gasteiger partial charge >= 0.3 is 0 Å². The quantitative estimate of drug-likeness (QED) is 0.483. The lowest BCUT2D eigenvalue weighted by Gasteiger charge is -2.38. The first-order chi connectivity index (χ1) is 6.19. The summed E-state index contributed by atoms with van der Waals surface area (Å²) in [5.41, 5.74) is 0.421. The van der Waals surface area contributed by atoms with Crippen molar-refractivity contribution in [2.45, 2.75) is 52.5 Å². The fraction of sp³-hybridized carbons (Fsp3) is 1.00. The van der Waals surface area contributed by atoms with Gasteiger partial charge in [-0.2, -0.15) is 0 Å². The molecule has 0 saturated heterocycles. The lowest BCUT2D eigenvalue weighted by atomic mass is 9.67. The minimum atomic E-state index is -0.0199. The van der Waals surface area contributed by atoms with E-state index in [1.165, 1.54) is 0 Å². The fourth-order valence-corrected chi connectivity index (χ4v) is 3.88. The van der Waals surface area contributed by atoms with E-state index in [0.29, 0.717) is 5.41 Å². The summed E-state index contributed by atoms with van der Waals surface area (Å²) >= 11 is 0. The standard InChI is InChI=1S/C12H24BP/c1-8(2)10-6-12(13,14)7-11(10,5)9(3)4/h8-10H,6-7,14H2,1-5H3. The van der Waals surface area contributed by atoms with E-state index in [1.54, 1.807) is 0 Å².